The first kappa shape index (κ1) is 30.9. The second-order valence-corrected chi connectivity index (χ2v) is 17.1. The van der Waals surface area contributed by atoms with Gasteiger partial charge < -0.3 is 24.1 Å². The van der Waals surface area contributed by atoms with Crippen LogP contribution in [-0.4, -0.2) is 44.5 Å². The molecule has 214 valence electrons. The van der Waals surface area contributed by atoms with Gasteiger partial charge >= 0.3 is 5.97 Å². The summed E-state index contributed by atoms with van der Waals surface area (Å²) in [7, 11) is 1.39. The van der Waals surface area contributed by atoms with E-state index in [0.29, 0.717) is 30.8 Å². The number of carboxylic acid groups (broad SMARTS) is 1. The zero-order valence-corrected chi connectivity index (χ0v) is 25.6. The van der Waals surface area contributed by atoms with Crippen molar-refractivity contribution in [1.82, 2.24) is 0 Å². The summed E-state index contributed by atoms with van der Waals surface area (Å²) >= 11 is 0. The van der Waals surface area contributed by atoms with Crippen molar-refractivity contribution in [3.8, 4) is 11.5 Å². The van der Waals surface area contributed by atoms with Gasteiger partial charge in [-0.15, -0.1) is 0 Å². The standard InChI is InChI=1S/C19H30O3Si.C12H14O4/c1-14(20)19(10-11-19)16-8-9-17(21-5)15(12-16)13-22-23(6,7)18(2,3)4;1-16-10-3-2-9(6-8(10)7-13)12(4-5-12)11(14)15/h8-9,12H,10-11,13H2,1-7H3;2-3,6,13H,4-5,7H2,1H3,(H,14,15). The minimum atomic E-state index is -1.82. The van der Waals surface area contributed by atoms with Gasteiger partial charge in [-0.05, 0) is 86.1 Å². The summed E-state index contributed by atoms with van der Waals surface area (Å²) in [5.74, 6) is 0.903. The lowest BCUT2D eigenvalue weighted by Gasteiger charge is -2.36. The molecule has 0 bridgehead atoms. The maximum Gasteiger partial charge on any atom is 0.314 e. The van der Waals surface area contributed by atoms with Crippen LogP contribution < -0.4 is 9.47 Å². The van der Waals surface area contributed by atoms with Crippen LogP contribution in [0.15, 0.2) is 36.4 Å². The lowest BCUT2D eigenvalue weighted by Crippen LogP contribution is -2.40. The number of ether oxygens (including phenoxy) is 2. The minimum Gasteiger partial charge on any atom is -0.496 e. The Bertz CT molecular complexity index is 1200. The van der Waals surface area contributed by atoms with Crippen molar-refractivity contribution in [1.29, 1.82) is 0 Å². The van der Waals surface area contributed by atoms with Crippen LogP contribution in [0.1, 0.15) is 75.6 Å². The van der Waals surface area contributed by atoms with Crippen LogP contribution in [0, 0.1) is 0 Å². The van der Waals surface area contributed by atoms with Crippen LogP contribution >= 0.6 is 0 Å². The van der Waals surface area contributed by atoms with Crippen molar-refractivity contribution in [2.45, 2.75) is 95.6 Å². The van der Waals surface area contributed by atoms with Gasteiger partial charge in [0, 0.05) is 11.1 Å². The Morgan fingerprint density at radius 3 is 1.72 bits per heavy atom. The third-order valence-corrected chi connectivity index (χ3v) is 13.3. The minimum absolute atomic E-state index is 0.146. The average molecular weight is 557 g/mol. The number of aliphatic hydroxyl groups is 1. The first-order valence-electron chi connectivity index (χ1n) is 13.5. The molecule has 7 nitrogen and oxygen atoms in total. The number of rotatable bonds is 10. The van der Waals surface area contributed by atoms with Gasteiger partial charge in [0.25, 0.3) is 0 Å². The molecule has 2 N–H and O–H groups in total. The van der Waals surface area contributed by atoms with Crippen molar-refractivity contribution >= 4 is 20.1 Å². The first-order valence-corrected chi connectivity index (χ1v) is 16.4. The van der Waals surface area contributed by atoms with E-state index in [1.165, 1.54) is 7.11 Å². The number of hydrogen-bond acceptors (Lipinski definition) is 6. The van der Waals surface area contributed by atoms with Crippen LogP contribution in [0.3, 0.4) is 0 Å². The summed E-state index contributed by atoms with van der Waals surface area (Å²) in [4.78, 5) is 23.1. The average Bonchev–Trinajstić information content (AvgIpc) is 3.80. The van der Waals surface area contributed by atoms with Gasteiger partial charge in [-0.2, -0.15) is 0 Å². The highest BCUT2D eigenvalue weighted by atomic mass is 28.4. The maximum atomic E-state index is 12.0. The second-order valence-electron chi connectivity index (χ2n) is 12.3. The number of carbonyl (C=O) groups is 2. The Morgan fingerprint density at radius 2 is 1.33 bits per heavy atom. The van der Waals surface area contributed by atoms with Crippen LogP contribution in [0.5, 0.6) is 11.5 Å². The van der Waals surface area contributed by atoms with Crippen molar-refractivity contribution in [3.05, 3.63) is 58.7 Å². The van der Waals surface area contributed by atoms with E-state index in [4.69, 9.17) is 19.0 Å². The van der Waals surface area contributed by atoms with E-state index in [-0.39, 0.29) is 22.8 Å². The molecule has 0 aliphatic heterocycles. The van der Waals surface area contributed by atoms with Crippen molar-refractivity contribution in [2.75, 3.05) is 14.2 Å². The Hall–Kier alpha value is -2.68. The quantitative estimate of drug-likeness (QED) is 0.339. The van der Waals surface area contributed by atoms with Crippen LogP contribution in [0.4, 0.5) is 0 Å². The molecule has 2 aliphatic rings. The zero-order chi connectivity index (χ0) is 29.2. The number of aliphatic hydroxyl groups excluding tert-OH is 1. The molecule has 2 aromatic carbocycles. The molecular formula is C31H44O7Si. The number of carbonyl (C=O) groups excluding carboxylic acids is 1. The van der Waals surface area contributed by atoms with Crippen molar-refractivity contribution in [2.24, 2.45) is 0 Å². The van der Waals surface area contributed by atoms with Crippen LogP contribution in [0.2, 0.25) is 18.1 Å². The normalized spacial score (nSPS) is 16.9. The fourth-order valence-corrected chi connectivity index (χ4v) is 5.53. The van der Waals surface area contributed by atoms with Gasteiger partial charge in [-0.1, -0.05) is 32.9 Å². The molecule has 0 unspecified atom stereocenters. The van der Waals surface area contributed by atoms with Crippen molar-refractivity contribution in [3.63, 3.8) is 0 Å². The Kier molecular flexibility index (Phi) is 9.04. The summed E-state index contributed by atoms with van der Waals surface area (Å²) in [6, 6.07) is 11.3. The molecule has 4 rings (SSSR count). The van der Waals surface area contributed by atoms with Gasteiger partial charge in [0.1, 0.15) is 17.3 Å². The Balaban J connectivity index is 0.000000230. The second kappa shape index (κ2) is 11.4. The number of ketones is 1. The molecule has 0 amide bonds. The highest BCUT2D eigenvalue weighted by Crippen LogP contribution is 2.50. The molecular weight excluding hydrogens is 512 g/mol. The molecule has 0 atom stereocenters. The van der Waals surface area contributed by atoms with E-state index in [1.807, 2.05) is 12.1 Å². The number of benzene rings is 2. The largest absolute Gasteiger partial charge is 0.496 e. The summed E-state index contributed by atoms with van der Waals surface area (Å²) < 4.78 is 16.9. The maximum absolute atomic E-state index is 12.0. The van der Waals surface area contributed by atoms with Crippen LogP contribution in [-0.2, 0) is 38.1 Å². The van der Waals surface area contributed by atoms with E-state index in [1.54, 1.807) is 32.2 Å². The summed E-state index contributed by atoms with van der Waals surface area (Å²) in [5, 5.41) is 18.5. The predicted molar refractivity (Wildman–Crippen MR) is 154 cm³/mol. The third kappa shape index (κ3) is 6.39. The molecule has 2 fully saturated rings. The molecule has 0 saturated heterocycles. The lowest BCUT2D eigenvalue weighted by atomic mass is 9.91. The fourth-order valence-electron chi connectivity index (χ4n) is 4.58. The van der Waals surface area contributed by atoms with E-state index in [9.17, 15) is 14.7 Å². The number of methoxy groups -OCH3 is 2. The summed E-state index contributed by atoms with van der Waals surface area (Å²) in [5.41, 5.74) is 2.56. The Labute approximate surface area is 233 Å². The van der Waals surface area contributed by atoms with E-state index in [0.717, 1.165) is 35.3 Å². The fraction of sp³-hybridized carbons (Fsp3) is 0.548. The van der Waals surface area contributed by atoms with Gasteiger partial charge in [-0.3, -0.25) is 9.59 Å². The van der Waals surface area contributed by atoms with E-state index in [2.05, 4.69) is 39.9 Å². The number of carboxylic acids is 1. The predicted octanol–water partition coefficient (Wildman–Crippen LogP) is 6.14. The molecule has 0 radical (unpaired) electrons. The number of aliphatic carboxylic acids is 1. The van der Waals surface area contributed by atoms with Crippen molar-refractivity contribution < 1.29 is 33.7 Å². The molecule has 2 aliphatic carbocycles. The smallest absolute Gasteiger partial charge is 0.314 e. The number of Topliss-reactive ketones (excluding diaryl/α,β-unsaturated/α-hetero) is 1. The first-order chi connectivity index (χ1) is 18.2. The monoisotopic (exact) mass is 556 g/mol. The lowest BCUT2D eigenvalue weighted by molar-refractivity contribution is -0.140. The number of hydrogen-bond donors (Lipinski definition) is 2. The Morgan fingerprint density at radius 1 is 0.872 bits per heavy atom. The summed E-state index contributed by atoms with van der Waals surface area (Å²) in [6.07, 6.45) is 3.24. The molecule has 39 heavy (non-hydrogen) atoms. The molecule has 0 spiro atoms. The highest BCUT2D eigenvalue weighted by Gasteiger charge is 2.52. The van der Waals surface area contributed by atoms with Gasteiger partial charge in [-0.25, -0.2) is 0 Å². The zero-order valence-electron chi connectivity index (χ0n) is 24.6. The molecule has 2 saturated carbocycles. The topological polar surface area (TPSA) is 102 Å². The highest BCUT2D eigenvalue weighted by molar-refractivity contribution is 6.74. The third-order valence-electron chi connectivity index (χ3n) is 8.81. The molecule has 2 aromatic rings. The van der Waals surface area contributed by atoms with E-state index >= 15 is 0 Å². The SMILES string of the molecule is COc1ccc(C2(C(=O)O)CC2)cc1CO.COc1ccc(C2(C(C)=O)CC2)cc1CO[Si](C)(C)C(C)(C)C. The summed E-state index contributed by atoms with van der Waals surface area (Å²) in [6.45, 7) is 13.3. The van der Waals surface area contributed by atoms with Gasteiger partial charge in [0.2, 0.25) is 0 Å². The molecule has 8 heteroatoms. The van der Waals surface area contributed by atoms with Gasteiger partial charge in [0.15, 0.2) is 8.32 Å². The molecule has 0 heterocycles. The molecule has 0 aromatic heterocycles. The van der Waals surface area contributed by atoms with Gasteiger partial charge in [0.05, 0.1) is 38.3 Å². The van der Waals surface area contributed by atoms with E-state index < -0.39 is 19.7 Å². The van der Waals surface area contributed by atoms with Crippen LogP contribution in [0.25, 0.3) is 0 Å².